The lowest BCUT2D eigenvalue weighted by Gasteiger charge is -2.26. The number of nitrogens with two attached hydrogens (primary N) is 1. The maximum Gasteiger partial charge on any atom is 0.00382 e. The first-order chi connectivity index (χ1) is 7.15. The van der Waals surface area contributed by atoms with Crippen molar-refractivity contribution in [1.29, 1.82) is 0 Å². The molecule has 1 aliphatic rings. The molecular weight excluding hydrogens is 184 g/mol. The molecule has 2 heteroatoms. The van der Waals surface area contributed by atoms with E-state index in [0.29, 0.717) is 11.3 Å². The third-order valence-electron chi connectivity index (χ3n) is 4.36. The molecule has 1 saturated heterocycles. The molecule has 90 valence electrons. The molecule has 1 unspecified atom stereocenters. The van der Waals surface area contributed by atoms with Crippen molar-refractivity contribution in [2.75, 3.05) is 26.2 Å². The topological polar surface area (TPSA) is 29.3 Å². The average Bonchev–Trinajstić information content (AvgIpc) is 2.70. The van der Waals surface area contributed by atoms with Crippen LogP contribution in [-0.4, -0.2) is 31.1 Å². The van der Waals surface area contributed by atoms with E-state index in [1.54, 1.807) is 0 Å². The smallest absolute Gasteiger partial charge is 0.00382 e. The molecule has 1 aliphatic heterocycles. The molecule has 0 bridgehead atoms. The van der Waals surface area contributed by atoms with Gasteiger partial charge in [-0.05, 0) is 56.7 Å². The van der Waals surface area contributed by atoms with Gasteiger partial charge in [0.05, 0.1) is 0 Å². The fourth-order valence-corrected chi connectivity index (χ4v) is 2.57. The predicted molar refractivity (Wildman–Crippen MR) is 66.9 cm³/mol. The summed E-state index contributed by atoms with van der Waals surface area (Å²) in [5.74, 6) is 0.684. The molecule has 1 rings (SSSR count). The van der Waals surface area contributed by atoms with Crippen molar-refractivity contribution < 1.29 is 0 Å². The Hall–Kier alpha value is -0.0800. The minimum atomic E-state index is 0.631. The van der Waals surface area contributed by atoms with Gasteiger partial charge in [0.2, 0.25) is 0 Å². The Morgan fingerprint density at radius 2 is 2.00 bits per heavy atom. The molecule has 0 aliphatic carbocycles. The average molecular weight is 212 g/mol. The van der Waals surface area contributed by atoms with Crippen LogP contribution in [0, 0.1) is 11.3 Å². The molecule has 0 spiro atoms. The quantitative estimate of drug-likeness (QED) is 0.733. The second kappa shape index (κ2) is 5.86. The summed E-state index contributed by atoms with van der Waals surface area (Å²) < 4.78 is 0. The second-order valence-corrected chi connectivity index (χ2v) is 5.36. The molecule has 1 atom stereocenters. The summed E-state index contributed by atoms with van der Waals surface area (Å²) in [6, 6.07) is 0. The van der Waals surface area contributed by atoms with Crippen molar-refractivity contribution >= 4 is 0 Å². The lowest BCUT2D eigenvalue weighted by atomic mass is 9.82. The van der Waals surface area contributed by atoms with Crippen LogP contribution in [0.4, 0.5) is 0 Å². The van der Waals surface area contributed by atoms with Crippen LogP contribution < -0.4 is 5.73 Å². The number of hydrogen-bond donors (Lipinski definition) is 1. The van der Waals surface area contributed by atoms with Crippen molar-refractivity contribution in [1.82, 2.24) is 4.90 Å². The van der Waals surface area contributed by atoms with Crippen molar-refractivity contribution in [2.24, 2.45) is 17.1 Å². The molecule has 0 saturated carbocycles. The van der Waals surface area contributed by atoms with Gasteiger partial charge in [0.25, 0.3) is 0 Å². The molecule has 0 radical (unpaired) electrons. The van der Waals surface area contributed by atoms with E-state index in [9.17, 15) is 0 Å². The first-order valence-electron chi connectivity index (χ1n) is 6.58. The van der Waals surface area contributed by atoms with Crippen LogP contribution in [-0.2, 0) is 0 Å². The summed E-state index contributed by atoms with van der Waals surface area (Å²) in [5.41, 5.74) is 6.27. The Bertz CT molecular complexity index is 175. The standard InChI is InChI=1S/C13H28N2/c1-4-13(5-2)7-9-15(11-13)8-6-12(3)10-14/h12H,4-11,14H2,1-3H3. The van der Waals surface area contributed by atoms with Gasteiger partial charge in [-0.3, -0.25) is 0 Å². The van der Waals surface area contributed by atoms with E-state index in [4.69, 9.17) is 5.73 Å². The van der Waals surface area contributed by atoms with Crippen molar-refractivity contribution in [3.05, 3.63) is 0 Å². The zero-order chi connectivity index (χ0) is 11.3. The molecule has 1 heterocycles. The Morgan fingerprint density at radius 1 is 1.33 bits per heavy atom. The van der Waals surface area contributed by atoms with Gasteiger partial charge in [0.15, 0.2) is 0 Å². The highest BCUT2D eigenvalue weighted by Gasteiger charge is 2.34. The third kappa shape index (κ3) is 3.46. The normalized spacial score (nSPS) is 23.2. The minimum absolute atomic E-state index is 0.631. The van der Waals surface area contributed by atoms with Gasteiger partial charge in [-0.1, -0.05) is 20.8 Å². The Labute approximate surface area is 95.2 Å². The molecule has 0 amide bonds. The van der Waals surface area contributed by atoms with E-state index in [2.05, 4.69) is 25.7 Å². The number of rotatable bonds is 6. The first kappa shape index (κ1) is 13.0. The predicted octanol–water partition coefficient (Wildman–Crippen LogP) is 2.48. The molecule has 0 aromatic carbocycles. The van der Waals surface area contributed by atoms with E-state index in [0.717, 1.165) is 6.54 Å². The van der Waals surface area contributed by atoms with Crippen molar-refractivity contribution in [2.45, 2.75) is 46.5 Å². The highest BCUT2D eigenvalue weighted by molar-refractivity contribution is 4.87. The van der Waals surface area contributed by atoms with E-state index < -0.39 is 0 Å². The summed E-state index contributed by atoms with van der Waals surface area (Å²) in [7, 11) is 0. The fraction of sp³-hybridized carbons (Fsp3) is 1.00. The zero-order valence-electron chi connectivity index (χ0n) is 10.8. The molecular formula is C13H28N2. The first-order valence-corrected chi connectivity index (χ1v) is 6.58. The SMILES string of the molecule is CCC1(CC)CCN(CCC(C)CN)C1. The van der Waals surface area contributed by atoms with Crippen LogP contribution in [0.2, 0.25) is 0 Å². The van der Waals surface area contributed by atoms with Crippen LogP contribution in [0.1, 0.15) is 46.5 Å². The largest absolute Gasteiger partial charge is 0.330 e. The summed E-state index contributed by atoms with van der Waals surface area (Å²) in [6.45, 7) is 11.6. The van der Waals surface area contributed by atoms with Gasteiger partial charge < -0.3 is 10.6 Å². The van der Waals surface area contributed by atoms with E-state index >= 15 is 0 Å². The molecule has 2 nitrogen and oxygen atoms in total. The molecule has 15 heavy (non-hydrogen) atoms. The molecule has 2 N–H and O–H groups in total. The Morgan fingerprint density at radius 3 is 2.47 bits per heavy atom. The van der Waals surface area contributed by atoms with Gasteiger partial charge in [0, 0.05) is 6.54 Å². The van der Waals surface area contributed by atoms with E-state index in [1.165, 1.54) is 45.3 Å². The van der Waals surface area contributed by atoms with E-state index in [-0.39, 0.29) is 0 Å². The van der Waals surface area contributed by atoms with E-state index in [1.807, 2.05) is 0 Å². The summed E-state index contributed by atoms with van der Waals surface area (Å²) >= 11 is 0. The fourth-order valence-electron chi connectivity index (χ4n) is 2.57. The van der Waals surface area contributed by atoms with Gasteiger partial charge in [0.1, 0.15) is 0 Å². The van der Waals surface area contributed by atoms with Crippen molar-refractivity contribution in [3.8, 4) is 0 Å². The zero-order valence-corrected chi connectivity index (χ0v) is 10.8. The Kier molecular flexibility index (Phi) is 5.07. The van der Waals surface area contributed by atoms with Gasteiger partial charge in [-0.2, -0.15) is 0 Å². The van der Waals surface area contributed by atoms with Gasteiger partial charge in [-0.15, -0.1) is 0 Å². The summed E-state index contributed by atoms with van der Waals surface area (Å²) in [6.07, 6.45) is 5.34. The molecule has 0 aromatic heterocycles. The van der Waals surface area contributed by atoms with Crippen LogP contribution in [0.5, 0.6) is 0 Å². The maximum atomic E-state index is 5.64. The van der Waals surface area contributed by atoms with Crippen LogP contribution in [0.15, 0.2) is 0 Å². The van der Waals surface area contributed by atoms with Crippen LogP contribution in [0.3, 0.4) is 0 Å². The van der Waals surface area contributed by atoms with Gasteiger partial charge >= 0.3 is 0 Å². The number of likely N-dealkylation sites (tertiary alicyclic amines) is 1. The summed E-state index contributed by atoms with van der Waals surface area (Å²) in [5, 5.41) is 0. The van der Waals surface area contributed by atoms with Crippen LogP contribution >= 0.6 is 0 Å². The lowest BCUT2D eigenvalue weighted by Crippen LogP contribution is -2.28. The highest BCUT2D eigenvalue weighted by Crippen LogP contribution is 2.36. The third-order valence-corrected chi connectivity index (χ3v) is 4.36. The van der Waals surface area contributed by atoms with Crippen molar-refractivity contribution in [3.63, 3.8) is 0 Å². The second-order valence-electron chi connectivity index (χ2n) is 5.36. The Balaban J connectivity index is 2.30. The summed E-state index contributed by atoms with van der Waals surface area (Å²) in [4.78, 5) is 2.64. The minimum Gasteiger partial charge on any atom is -0.330 e. The lowest BCUT2D eigenvalue weighted by molar-refractivity contribution is 0.232. The molecule has 1 fully saturated rings. The monoisotopic (exact) mass is 212 g/mol. The highest BCUT2D eigenvalue weighted by atomic mass is 15.2. The number of hydrogen-bond acceptors (Lipinski definition) is 2. The number of nitrogens with zero attached hydrogens (tertiary/aromatic N) is 1. The maximum absolute atomic E-state index is 5.64. The van der Waals surface area contributed by atoms with Gasteiger partial charge in [-0.25, -0.2) is 0 Å². The van der Waals surface area contributed by atoms with Crippen LogP contribution in [0.25, 0.3) is 0 Å². The molecule has 0 aromatic rings.